The summed E-state index contributed by atoms with van der Waals surface area (Å²) >= 11 is 0. The Labute approximate surface area is 127 Å². The van der Waals surface area contributed by atoms with Gasteiger partial charge in [-0.3, -0.25) is 4.40 Å². The lowest BCUT2D eigenvalue weighted by Crippen LogP contribution is -2.28. The molecule has 22 heavy (non-hydrogen) atoms. The van der Waals surface area contributed by atoms with Gasteiger partial charge in [0, 0.05) is 17.1 Å². The highest BCUT2D eigenvalue weighted by Crippen LogP contribution is 2.24. The fourth-order valence-electron chi connectivity index (χ4n) is 2.39. The van der Waals surface area contributed by atoms with Crippen molar-refractivity contribution in [2.45, 2.75) is 33.2 Å². The lowest BCUT2D eigenvalue weighted by atomic mass is 10.1. The number of fused-ring (bicyclic) bond motifs is 3. The van der Waals surface area contributed by atoms with Crippen molar-refractivity contribution in [3.8, 4) is 0 Å². The molecule has 0 spiro atoms. The Bertz CT molecular complexity index is 890. The van der Waals surface area contributed by atoms with Gasteiger partial charge in [0.25, 0.3) is 0 Å². The Morgan fingerprint density at radius 2 is 2.00 bits per heavy atom. The standard InChI is InChI=1S/C16H18N4O2/c1-9-8-20-13(17-9)11-6-5-10(14(21)22)7-12(11)18-15(20)19-16(2,3)4/h5-8H,1-4H3,(H,18,19)(H,21,22). The van der Waals surface area contributed by atoms with E-state index in [2.05, 4.69) is 15.3 Å². The van der Waals surface area contributed by atoms with Gasteiger partial charge in [-0.05, 0) is 45.9 Å². The molecule has 0 saturated carbocycles. The predicted molar refractivity (Wildman–Crippen MR) is 85.6 cm³/mol. The zero-order valence-electron chi connectivity index (χ0n) is 13.0. The first kappa shape index (κ1) is 14.3. The van der Waals surface area contributed by atoms with E-state index in [0.29, 0.717) is 11.5 Å². The van der Waals surface area contributed by atoms with Gasteiger partial charge in [-0.2, -0.15) is 0 Å². The first-order chi connectivity index (χ1) is 10.2. The first-order valence-corrected chi connectivity index (χ1v) is 7.05. The fraction of sp³-hybridized carbons (Fsp3) is 0.312. The van der Waals surface area contributed by atoms with Gasteiger partial charge in [0.15, 0.2) is 0 Å². The SMILES string of the molecule is Cc1cn2c(NC(C)(C)C)nc3cc(C(=O)O)ccc3c2n1. The Balaban J connectivity index is 2.34. The van der Waals surface area contributed by atoms with Gasteiger partial charge in [-0.15, -0.1) is 0 Å². The first-order valence-electron chi connectivity index (χ1n) is 7.05. The lowest BCUT2D eigenvalue weighted by molar-refractivity contribution is 0.0697. The number of carboxylic acids is 1. The summed E-state index contributed by atoms with van der Waals surface area (Å²) in [7, 11) is 0. The number of benzene rings is 1. The number of imidazole rings is 1. The van der Waals surface area contributed by atoms with Gasteiger partial charge < -0.3 is 10.4 Å². The summed E-state index contributed by atoms with van der Waals surface area (Å²) in [4.78, 5) is 20.3. The number of aryl methyl sites for hydroxylation is 1. The molecule has 0 atom stereocenters. The van der Waals surface area contributed by atoms with Crippen LogP contribution in [0.15, 0.2) is 24.4 Å². The molecule has 0 bridgehead atoms. The summed E-state index contributed by atoms with van der Waals surface area (Å²) in [6.45, 7) is 8.05. The second-order valence-electron chi connectivity index (χ2n) is 6.42. The second-order valence-corrected chi connectivity index (χ2v) is 6.42. The number of carboxylic acid groups (broad SMARTS) is 1. The molecule has 3 aromatic rings. The maximum atomic E-state index is 11.2. The van der Waals surface area contributed by atoms with E-state index < -0.39 is 5.97 Å². The molecule has 0 radical (unpaired) electrons. The molecule has 0 aliphatic carbocycles. The highest BCUT2D eigenvalue weighted by atomic mass is 16.4. The lowest BCUT2D eigenvalue weighted by Gasteiger charge is -2.22. The Morgan fingerprint density at radius 1 is 1.27 bits per heavy atom. The molecule has 0 aliphatic heterocycles. The van der Waals surface area contributed by atoms with Crippen LogP contribution in [0.2, 0.25) is 0 Å². The van der Waals surface area contributed by atoms with Crippen molar-refractivity contribution in [1.82, 2.24) is 14.4 Å². The van der Waals surface area contributed by atoms with Crippen LogP contribution in [-0.4, -0.2) is 31.0 Å². The number of nitrogens with zero attached hydrogens (tertiary/aromatic N) is 3. The number of hydrogen-bond acceptors (Lipinski definition) is 4. The summed E-state index contributed by atoms with van der Waals surface area (Å²) in [5.41, 5.74) is 2.31. The third-order valence-electron chi connectivity index (χ3n) is 3.25. The Kier molecular flexibility index (Phi) is 3.05. The molecule has 1 aromatic carbocycles. The van der Waals surface area contributed by atoms with Crippen molar-refractivity contribution in [1.29, 1.82) is 0 Å². The van der Waals surface area contributed by atoms with Gasteiger partial charge in [0.05, 0.1) is 16.8 Å². The van der Waals surface area contributed by atoms with Gasteiger partial charge in [-0.25, -0.2) is 14.8 Å². The minimum Gasteiger partial charge on any atom is -0.478 e. The number of aromatic nitrogens is 3. The van der Waals surface area contributed by atoms with Gasteiger partial charge in [0.1, 0.15) is 5.65 Å². The number of aromatic carboxylic acids is 1. The average Bonchev–Trinajstić information content (AvgIpc) is 2.78. The molecule has 6 heteroatoms. The second kappa shape index (κ2) is 4.69. The van der Waals surface area contributed by atoms with Gasteiger partial charge in [-0.1, -0.05) is 0 Å². The van der Waals surface area contributed by atoms with Crippen molar-refractivity contribution in [2.24, 2.45) is 0 Å². The van der Waals surface area contributed by atoms with E-state index in [9.17, 15) is 4.79 Å². The van der Waals surface area contributed by atoms with E-state index in [1.165, 1.54) is 0 Å². The van der Waals surface area contributed by atoms with Crippen LogP contribution in [0.3, 0.4) is 0 Å². The molecular formula is C16H18N4O2. The van der Waals surface area contributed by atoms with Crippen molar-refractivity contribution in [3.05, 3.63) is 35.7 Å². The van der Waals surface area contributed by atoms with Crippen LogP contribution in [0.5, 0.6) is 0 Å². The molecule has 2 heterocycles. The summed E-state index contributed by atoms with van der Waals surface area (Å²) in [5, 5.41) is 13.3. The molecule has 0 aliphatic rings. The summed E-state index contributed by atoms with van der Waals surface area (Å²) in [6, 6.07) is 4.91. The van der Waals surface area contributed by atoms with E-state index in [1.54, 1.807) is 18.2 Å². The molecule has 0 saturated heterocycles. The zero-order chi connectivity index (χ0) is 16.1. The van der Waals surface area contributed by atoms with Gasteiger partial charge in [0.2, 0.25) is 5.95 Å². The monoisotopic (exact) mass is 298 g/mol. The smallest absolute Gasteiger partial charge is 0.335 e. The van der Waals surface area contributed by atoms with Crippen LogP contribution in [0, 0.1) is 6.92 Å². The van der Waals surface area contributed by atoms with E-state index in [-0.39, 0.29) is 11.1 Å². The zero-order valence-corrected chi connectivity index (χ0v) is 13.0. The van der Waals surface area contributed by atoms with E-state index in [0.717, 1.165) is 16.7 Å². The number of carbonyl (C=O) groups is 1. The molecule has 2 aromatic heterocycles. The van der Waals surface area contributed by atoms with E-state index in [4.69, 9.17) is 5.11 Å². The van der Waals surface area contributed by atoms with Crippen LogP contribution in [0.25, 0.3) is 16.6 Å². The summed E-state index contributed by atoms with van der Waals surface area (Å²) in [5.74, 6) is -0.313. The maximum Gasteiger partial charge on any atom is 0.335 e. The highest BCUT2D eigenvalue weighted by Gasteiger charge is 2.17. The van der Waals surface area contributed by atoms with Crippen LogP contribution in [0.4, 0.5) is 5.95 Å². The van der Waals surface area contributed by atoms with Crippen LogP contribution in [-0.2, 0) is 0 Å². The van der Waals surface area contributed by atoms with Crippen molar-refractivity contribution in [2.75, 3.05) is 5.32 Å². The third kappa shape index (κ3) is 2.47. The molecule has 0 unspecified atom stereocenters. The maximum absolute atomic E-state index is 11.2. The molecule has 0 fully saturated rings. The van der Waals surface area contributed by atoms with Crippen LogP contribution < -0.4 is 5.32 Å². The Morgan fingerprint density at radius 3 is 2.64 bits per heavy atom. The molecule has 3 rings (SSSR count). The molecule has 6 nitrogen and oxygen atoms in total. The average molecular weight is 298 g/mol. The number of nitrogens with one attached hydrogen (secondary N) is 1. The molecule has 2 N–H and O–H groups in total. The van der Waals surface area contributed by atoms with Gasteiger partial charge >= 0.3 is 5.97 Å². The number of rotatable bonds is 2. The quantitative estimate of drug-likeness (QED) is 0.760. The third-order valence-corrected chi connectivity index (χ3v) is 3.25. The van der Waals surface area contributed by atoms with Crippen molar-refractivity contribution < 1.29 is 9.90 Å². The fourth-order valence-corrected chi connectivity index (χ4v) is 2.39. The largest absolute Gasteiger partial charge is 0.478 e. The summed E-state index contributed by atoms with van der Waals surface area (Å²) < 4.78 is 1.91. The highest BCUT2D eigenvalue weighted by molar-refractivity contribution is 5.98. The Hall–Kier alpha value is -2.63. The molecule has 0 amide bonds. The normalized spacial score (nSPS) is 12.0. The number of hydrogen-bond donors (Lipinski definition) is 2. The molecule has 114 valence electrons. The topological polar surface area (TPSA) is 79.5 Å². The minimum atomic E-state index is -0.964. The van der Waals surface area contributed by atoms with Crippen LogP contribution in [0.1, 0.15) is 36.8 Å². The van der Waals surface area contributed by atoms with E-state index >= 15 is 0 Å². The predicted octanol–water partition coefficient (Wildman–Crippen LogP) is 3.10. The summed E-state index contributed by atoms with van der Waals surface area (Å²) in [6.07, 6.45) is 1.92. The van der Waals surface area contributed by atoms with E-state index in [1.807, 2.05) is 38.3 Å². The van der Waals surface area contributed by atoms with Crippen molar-refractivity contribution >= 4 is 28.5 Å². The van der Waals surface area contributed by atoms with Crippen molar-refractivity contribution in [3.63, 3.8) is 0 Å². The molecular weight excluding hydrogens is 280 g/mol. The van der Waals surface area contributed by atoms with Crippen LogP contribution >= 0.6 is 0 Å². The minimum absolute atomic E-state index is 0.170. The number of anilines is 1.